The Labute approximate surface area is 182 Å². The van der Waals surface area contributed by atoms with Crippen molar-refractivity contribution in [3.8, 4) is 5.75 Å². The number of nitrogens with one attached hydrogen (secondary N) is 1. The quantitative estimate of drug-likeness (QED) is 0.617. The highest BCUT2D eigenvalue weighted by Crippen LogP contribution is 2.25. The van der Waals surface area contributed by atoms with Gasteiger partial charge in [-0.3, -0.25) is 4.79 Å². The van der Waals surface area contributed by atoms with Crippen LogP contribution in [-0.4, -0.2) is 38.3 Å². The van der Waals surface area contributed by atoms with E-state index in [0.717, 1.165) is 0 Å². The summed E-state index contributed by atoms with van der Waals surface area (Å²) in [5, 5.41) is 3.34. The average Bonchev–Trinajstić information content (AvgIpc) is 2.75. The van der Waals surface area contributed by atoms with Gasteiger partial charge in [0.1, 0.15) is 12.4 Å². The second kappa shape index (κ2) is 10.1. The van der Waals surface area contributed by atoms with Gasteiger partial charge in [0.2, 0.25) is 15.9 Å². The van der Waals surface area contributed by atoms with Crippen LogP contribution in [0.3, 0.4) is 0 Å². The second-order valence-electron chi connectivity index (χ2n) is 7.13. The zero-order valence-corrected chi connectivity index (χ0v) is 18.2. The van der Waals surface area contributed by atoms with Gasteiger partial charge in [-0.1, -0.05) is 42.5 Å². The number of carbonyl (C=O) groups excluding carboxylic acids is 1. The second-order valence-corrected chi connectivity index (χ2v) is 9.51. The van der Waals surface area contributed by atoms with Crippen molar-refractivity contribution >= 4 is 33.2 Å². The number of benzene rings is 2. The molecule has 0 atom stereocenters. The summed E-state index contributed by atoms with van der Waals surface area (Å²) in [5.74, 6) is 0.236. The summed E-state index contributed by atoms with van der Waals surface area (Å²) in [6.07, 6.45) is 2.62. The molecule has 1 amide bonds. The first-order valence-electron chi connectivity index (χ1n) is 9.75. The molecule has 6 nitrogen and oxygen atoms in total. The highest BCUT2D eigenvalue weighted by atomic mass is 35.5. The summed E-state index contributed by atoms with van der Waals surface area (Å²) < 4.78 is 32.3. The van der Waals surface area contributed by atoms with E-state index in [9.17, 15) is 13.2 Å². The molecule has 2 aromatic carbocycles. The fourth-order valence-electron chi connectivity index (χ4n) is 3.33. The van der Waals surface area contributed by atoms with Gasteiger partial charge in [0, 0.05) is 29.7 Å². The Balaban J connectivity index is 1.52. The van der Waals surface area contributed by atoms with Crippen LogP contribution in [0, 0.1) is 5.92 Å². The summed E-state index contributed by atoms with van der Waals surface area (Å²) >= 11 is 6.10. The number of hydrogen-bond acceptors (Lipinski definition) is 4. The van der Waals surface area contributed by atoms with Gasteiger partial charge in [0.15, 0.2) is 0 Å². The van der Waals surface area contributed by atoms with Crippen LogP contribution in [0.15, 0.2) is 61.2 Å². The first-order valence-corrected chi connectivity index (χ1v) is 11.7. The van der Waals surface area contributed by atoms with Crippen LogP contribution in [0.5, 0.6) is 5.75 Å². The van der Waals surface area contributed by atoms with Gasteiger partial charge in [0.25, 0.3) is 0 Å². The predicted molar refractivity (Wildman–Crippen MR) is 119 cm³/mol. The molecule has 2 aromatic rings. The maximum atomic E-state index is 12.7. The number of piperidine rings is 1. The molecule has 8 heteroatoms. The minimum atomic E-state index is -3.48. The van der Waals surface area contributed by atoms with E-state index in [2.05, 4.69) is 11.9 Å². The van der Waals surface area contributed by atoms with Crippen LogP contribution in [0.1, 0.15) is 18.4 Å². The number of carbonyl (C=O) groups is 1. The normalized spacial score (nSPS) is 15.5. The molecule has 30 heavy (non-hydrogen) atoms. The summed E-state index contributed by atoms with van der Waals surface area (Å²) in [6.45, 7) is 4.66. The van der Waals surface area contributed by atoms with Crippen molar-refractivity contribution in [2.75, 3.05) is 25.0 Å². The Bertz CT molecular complexity index is 984. The largest absolute Gasteiger partial charge is 0.490 e. The number of halogens is 1. The highest BCUT2D eigenvalue weighted by Gasteiger charge is 2.31. The van der Waals surface area contributed by atoms with Crippen LogP contribution < -0.4 is 10.1 Å². The molecule has 1 saturated heterocycles. The SMILES string of the molecule is C=CCOc1ccc(NC(=O)C2CCN(S(=O)(=O)Cc3ccccc3Cl)CC2)cc1. The number of sulfonamides is 1. The lowest BCUT2D eigenvalue weighted by molar-refractivity contribution is -0.120. The Morgan fingerprint density at radius 2 is 1.83 bits per heavy atom. The molecule has 0 saturated carbocycles. The van der Waals surface area contributed by atoms with Gasteiger partial charge in [0.05, 0.1) is 5.75 Å². The fraction of sp³-hybridized carbons (Fsp3) is 0.318. The number of nitrogens with zero attached hydrogens (tertiary/aromatic N) is 1. The van der Waals surface area contributed by atoms with Gasteiger partial charge in [-0.15, -0.1) is 0 Å². The van der Waals surface area contributed by atoms with Gasteiger partial charge in [-0.05, 0) is 48.7 Å². The van der Waals surface area contributed by atoms with Crippen molar-refractivity contribution < 1.29 is 17.9 Å². The van der Waals surface area contributed by atoms with Crippen molar-refractivity contribution in [1.29, 1.82) is 0 Å². The summed E-state index contributed by atoms with van der Waals surface area (Å²) in [4.78, 5) is 12.6. The third kappa shape index (κ3) is 5.84. The third-order valence-electron chi connectivity index (χ3n) is 5.00. The Hall–Kier alpha value is -2.35. The van der Waals surface area contributed by atoms with Crippen molar-refractivity contribution in [3.63, 3.8) is 0 Å². The Morgan fingerprint density at radius 1 is 1.17 bits per heavy atom. The van der Waals surface area contributed by atoms with E-state index < -0.39 is 10.0 Å². The minimum Gasteiger partial charge on any atom is -0.490 e. The van der Waals surface area contributed by atoms with Crippen molar-refractivity contribution in [2.45, 2.75) is 18.6 Å². The number of amides is 1. The maximum absolute atomic E-state index is 12.7. The van der Waals surface area contributed by atoms with Crippen LogP contribution >= 0.6 is 11.6 Å². The number of anilines is 1. The lowest BCUT2D eigenvalue weighted by Crippen LogP contribution is -2.41. The predicted octanol–water partition coefficient (Wildman–Crippen LogP) is 4.09. The molecule has 160 valence electrons. The van der Waals surface area contributed by atoms with Crippen LogP contribution in [-0.2, 0) is 20.6 Å². The minimum absolute atomic E-state index is 0.0992. The van der Waals surface area contributed by atoms with Gasteiger partial charge < -0.3 is 10.1 Å². The topological polar surface area (TPSA) is 75.7 Å². The molecule has 0 aliphatic carbocycles. The van der Waals surface area contributed by atoms with E-state index in [0.29, 0.717) is 54.6 Å². The molecule has 1 aliphatic rings. The fourth-order valence-corrected chi connectivity index (χ4v) is 5.21. The molecule has 1 N–H and O–H groups in total. The monoisotopic (exact) mass is 448 g/mol. The van der Waals surface area contributed by atoms with Crippen LogP contribution in [0.25, 0.3) is 0 Å². The van der Waals surface area contributed by atoms with Crippen LogP contribution in [0.2, 0.25) is 5.02 Å². The van der Waals surface area contributed by atoms with E-state index in [-0.39, 0.29) is 17.6 Å². The maximum Gasteiger partial charge on any atom is 0.227 e. The van der Waals surface area contributed by atoms with Gasteiger partial charge in [-0.25, -0.2) is 12.7 Å². The molecule has 1 fully saturated rings. The molecule has 0 radical (unpaired) electrons. The Morgan fingerprint density at radius 3 is 2.47 bits per heavy atom. The Kier molecular flexibility index (Phi) is 7.53. The molecular formula is C22H25ClN2O4S. The van der Waals surface area contributed by atoms with Crippen molar-refractivity contribution in [3.05, 3.63) is 71.8 Å². The molecule has 1 heterocycles. The summed E-state index contributed by atoms with van der Waals surface area (Å²) in [5.41, 5.74) is 1.26. The van der Waals surface area contributed by atoms with Crippen molar-refractivity contribution in [1.82, 2.24) is 4.31 Å². The highest BCUT2D eigenvalue weighted by molar-refractivity contribution is 7.88. The van der Waals surface area contributed by atoms with Crippen molar-refractivity contribution in [2.24, 2.45) is 5.92 Å². The zero-order valence-electron chi connectivity index (χ0n) is 16.6. The third-order valence-corrected chi connectivity index (χ3v) is 7.20. The number of ether oxygens (including phenoxy) is 1. The average molecular weight is 449 g/mol. The van der Waals surface area contributed by atoms with E-state index in [1.165, 1.54) is 4.31 Å². The molecule has 3 rings (SSSR count). The molecule has 0 unspecified atom stereocenters. The number of hydrogen-bond donors (Lipinski definition) is 1. The molecule has 0 spiro atoms. The molecular weight excluding hydrogens is 424 g/mol. The number of rotatable bonds is 8. The van der Waals surface area contributed by atoms with Gasteiger partial charge >= 0.3 is 0 Å². The van der Waals surface area contributed by atoms with Crippen LogP contribution in [0.4, 0.5) is 5.69 Å². The van der Waals surface area contributed by atoms with E-state index in [4.69, 9.17) is 16.3 Å². The first-order chi connectivity index (χ1) is 14.4. The van der Waals surface area contributed by atoms with E-state index in [1.54, 1.807) is 54.6 Å². The van der Waals surface area contributed by atoms with E-state index in [1.807, 2.05) is 0 Å². The van der Waals surface area contributed by atoms with Gasteiger partial charge in [-0.2, -0.15) is 0 Å². The lowest BCUT2D eigenvalue weighted by Gasteiger charge is -2.30. The summed E-state index contributed by atoms with van der Waals surface area (Å²) in [6, 6.07) is 14.1. The standard InChI is InChI=1S/C22H25ClN2O4S/c1-2-15-29-20-9-7-19(8-10-20)24-22(26)17-11-13-25(14-12-17)30(27,28)16-18-5-3-4-6-21(18)23/h2-10,17H,1,11-16H2,(H,24,26). The lowest BCUT2D eigenvalue weighted by atomic mass is 9.97. The summed E-state index contributed by atoms with van der Waals surface area (Å²) in [7, 11) is -3.48. The first kappa shape index (κ1) is 22.3. The molecule has 0 aromatic heterocycles. The smallest absolute Gasteiger partial charge is 0.227 e. The zero-order chi connectivity index (χ0) is 21.6. The molecule has 1 aliphatic heterocycles. The van der Waals surface area contributed by atoms with E-state index >= 15 is 0 Å². The molecule has 0 bridgehead atoms.